The summed E-state index contributed by atoms with van der Waals surface area (Å²) in [6.45, 7) is 10.7. The lowest BCUT2D eigenvalue weighted by atomic mass is 10.2. The number of nitrogens with one attached hydrogen (secondary N) is 1. The average Bonchev–Trinajstić information content (AvgIpc) is 2.89. The van der Waals surface area contributed by atoms with E-state index in [1.165, 1.54) is 10.5 Å². The van der Waals surface area contributed by atoms with Crippen molar-refractivity contribution < 1.29 is 9.59 Å². The lowest BCUT2D eigenvalue weighted by Gasteiger charge is -2.16. The third kappa shape index (κ3) is 4.20. The number of aryl methyl sites for hydroxylation is 2. The number of hydrogen-bond acceptors (Lipinski definition) is 3. The Morgan fingerprint density at radius 3 is 2.46 bits per heavy atom. The van der Waals surface area contributed by atoms with E-state index in [0.29, 0.717) is 13.1 Å². The van der Waals surface area contributed by atoms with Crippen molar-refractivity contribution in [3.63, 3.8) is 0 Å². The summed E-state index contributed by atoms with van der Waals surface area (Å²) >= 11 is 0. The Morgan fingerprint density at radius 2 is 1.85 bits per heavy atom. The zero-order chi connectivity index (χ0) is 19.3. The van der Waals surface area contributed by atoms with Gasteiger partial charge in [0.1, 0.15) is 0 Å². The average molecular weight is 354 g/mol. The van der Waals surface area contributed by atoms with Crippen molar-refractivity contribution >= 4 is 18.0 Å². The Hall–Kier alpha value is -2.89. The molecule has 0 saturated heterocycles. The first kappa shape index (κ1) is 19.4. The molecule has 1 heterocycles. The molecule has 1 N–H and O–H groups in total. The van der Waals surface area contributed by atoms with Crippen molar-refractivity contribution in [2.75, 3.05) is 13.1 Å². The van der Waals surface area contributed by atoms with E-state index in [2.05, 4.69) is 40.2 Å². The molecule has 0 spiro atoms. The maximum absolute atomic E-state index is 11.9. The summed E-state index contributed by atoms with van der Waals surface area (Å²) in [6, 6.07) is 10.3. The Morgan fingerprint density at radius 1 is 1.15 bits per heavy atom. The van der Waals surface area contributed by atoms with Crippen LogP contribution in [-0.2, 0) is 9.59 Å². The van der Waals surface area contributed by atoms with Crippen molar-refractivity contribution in [3.05, 3.63) is 52.8 Å². The highest BCUT2D eigenvalue weighted by Gasteiger charge is 2.18. The van der Waals surface area contributed by atoms with Crippen molar-refractivity contribution in [1.82, 2.24) is 14.9 Å². The first-order chi connectivity index (χ1) is 12.4. The van der Waals surface area contributed by atoms with Gasteiger partial charge in [-0.3, -0.25) is 9.59 Å². The molecule has 1 aromatic carbocycles. The summed E-state index contributed by atoms with van der Waals surface area (Å²) in [5, 5.41) is 3.95. The van der Waals surface area contributed by atoms with Crippen molar-refractivity contribution in [2.45, 2.75) is 34.6 Å². The van der Waals surface area contributed by atoms with Crippen molar-refractivity contribution in [1.29, 1.82) is 0 Å². The van der Waals surface area contributed by atoms with E-state index in [1.54, 1.807) is 6.21 Å². The van der Waals surface area contributed by atoms with E-state index in [1.807, 2.05) is 39.8 Å². The van der Waals surface area contributed by atoms with Gasteiger partial charge in [-0.05, 0) is 58.4 Å². The Kier molecular flexibility index (Phi) is 6.33. The van der Waals surface area contributed by atoms with Gasteiger partial charge in [-0.25, -0.2) is 5.43 Å². The fourth-order valence-electron chi connectivity index (χ4n) is 2.95. The van der Waals surface area contributed by atoms with E-state index in [-0.39, 0.29) is 0 Å². The minimum Gasteiger partial charge on any atom is -0.335 e. The topological polar surface area (TPSA) is 66.7 Å². The van der Waals surface area contributed by atoms with Crippen LogP contribution in [0.3, 0.4) is 0 Å². The number of likely N-dealkylation sites (N-methyl/N-ethyl adjacent to an activating group) is 1. The van der Waals surface area contributed by atoms with Crippen LogP contribution in [0.1, 0.15) is 36.4 Å². The number of hydrazone groups is 1. The van der Waals surface area contributed by atoms with Gasteiger partial charge in [0, 0.05) is 35.7 Å². The Labute approximate surface area is 154 Å². The predicted octanol–water partition coefficient (Wildman–Crippen LogP) is 2.72. The molecule has 6 heteroatoms. The minimum atomic E-state index is -0.725. The highest BCUT2D eigenvalue weighted by atomic mass is 16.2. The normalized spacial score (nSPS) is 11.0. The van der Waals surface area contributed by atoms with Crippen LogP contribution in [0.5, 0.6) is 0 Å². The van der Waals surface area contributed by atoms with Gasteiger partial charge in [-0.1, -0.05) is 12.1 Å². The molecule has 0 aliphatic rings. The van der Waals surface area contributed by atoms with Gasteiger partial charge in [0.25, 0.3) is 0 Å². The quantitative estimate of drug-likeness (QED) is 0.510. The van der Waals surface area contributed by atoms with Gasteiger partial charge in [0.15, 0.2) is 0 Å². The van der Waals surface area contributed by atoms with Gasteiger partial charge in [0.05, 0.1) is 6.21 Å². The molecule has 6 nitrogen and oxygen atoms in total. The van der Waals surface area contributed by atoms with Crippen LogP contribution < -0.4 is 5.43 Å². The molecule has 2 aromatic rings. The molecule has 26 heavy (non-hydrogen) atoms. The smallest absolute Gasteiger partial charge is 0.329 e. The summed E-state index contributed by atoms with van der Waals surface area (Å²) in [5.74, 6) is -1.30. The molecule has 2 rings (SSSR count). The van der Waals surface area contributed by atoms with Gasteiger partial charge in [-0.15, -0.1) is 0 Å². The molecule has 138 valence electrons. The molecule has 0 bridgehead atoms. The number of aromatic nitrogens is 1. The standard InChI is InChI=1S/C20H26N4O2/c1-6-23(7-2)20(26)19(25)22-21-13-17-12-15(4)24(16(17)5)18-10-8-9-14(3)11-18/h8-13H,6-7H2,1-5H3,(H,22,25)/b21-13-. The van der Waals surface area contributed by atoms with E-state index in [9.17, 15) is 9.59 Å². The van der Waals surface area contributed by atoms with Crippen LogP contribution >= 0.6 is 0 Å². The zero-order valence-corrected chi connectivity index (χ0v) is 16.0. The number of amides is 2. The van der Waals surface area contributed by atoms with Gasteiger partial charge < -0.3 is 9.47 Å². The number of hydrogen-bond donors (Lipinski definition) is 1. The molecular formula is C20H26N4O2. The molecule has 0 unspecified atom stereocenters. The van der Waals surface area contributed by atoms with Crippen LogP contribution in [0.2, 0.25) is 0 Å². The molecule has 2 amide bonds. The molecule has 1 aromatic heterocycles. The lowest BCUT2D eigenvalue weighted by molar-refractivity contribution is -0.145. The van der Waals surface area contributed by atoms with Crippen LogP contribution in [0.25, 0.3) is 5.69 Å². The molecular weight excluding hydrogens is 328 g/mol. The zero-order valence-electron chi connectivity index (χ0n) is 16.0. The molecule has 0 saturated carbocycles. The molecule has 0 fully saturated rings. The van der Waals surface area contributed by atoms with E-state index >= 15 is 0 Å². The second kappa shape index (κ2) is 8.47. The van der Waals surface area contributed by atoms with Crippen LogP contribution in [0.15, 0.2) is 35.4 Å². The van der Waals surface area contributed by atoms with Crippen LogP contribution in [0, 0.1) is 20.8 Å². The molecule has 0 aliphatic carbocycles. The summed E-state index contributed by atoms with van der Waals surface area (Å²) in [4.78, 5) is 25.3. The van der Waals surface area contributed by atoms with Crippen molar-refractivity contribution in [2.24, 2.45) is 5.10 Å². The second-order valence-electron chi connectivity index (χ2n) is 6.18. The van der Waals surface area contributed by atoms with E-state index in [0.717, 1.165) is 22.6 Å². The third-order valence-corrected chi connectivity index (χ3v) is 4.34. The van der Waals surface area contributed by atoms with Crippen molar-refractivity contribution in [3.8, 4) is 5.69 Å². The van der Waals surface area contributed by atoms with Gasteiger partial charge >= 0.3 is 11.8 Å². The molecule has 0 aliphatic heterocycles. The monoisotopic (exact) mass is 354 g/mol. The molecule has 0 radical (unpaired) electrons. The second-order valence-corrected chi connectivity index (χ2v) is 6.18. The highest BCUT2D eigenvalue weighted by molar-refractivity contribution is 6.34. The first-order valence-corrected chi connectivity index (χ1v) is 8.77. The fraction of sp³-hybridized carbons (Fsp3) is 0.350. The van der Waals surface area contributed by atoms with Crippen LogP contribution in [-0.4, -0.2) is 40.6 Å². The van der Waals surface area contributed by atoms with Gasteiger partial charge in [0.2, 0.25) is 0 Å². The first-order valence-electron chi connectivity index (χ1n) is 8.77. The summed E-state index contributed by atoms with van der Waals surface area (Å²) in [7, 11) is 0. The largest absolute Gasteiger partial charge is 0.335 e. The Balaban J connectivity index is 2.16. The summed E-state index contributed by atoms with van der Waals surface area (Å²) in [5.41, 5.74) is 7.56. The third-order valence-electron chi connectivity index (χ3n) is 4.34. The fourth-order valence-corrected chi connectivity index (χ4v) is 2.95. The highest BCUT2D eigenvalue weighted by Crippen LogP contribution is 2.20. The summed E-state index contributed by atoms with van der Waals surface area (Å²) in [6.07, 6.45) is 1.57. The number of carbonyl (C=O) groups excluding carboxylic acids is 2. The van der Waals surface area contributed by atoms with E-state index in [4.69, 9.17) is 0 Å². The van der Waals surface area contributed by atoms with E-state index < -0.39 is 11.8 Å². The lowest BCUT2D eigenvalue weighted by Crippen LogP contribution is -2.41. The molecule has 0 atom stereocenters. The van der Waals surface area contributed by atoms with Gasteiger partial charge in [-0.2, -0.15) is 5.10 Å². The number of rotatable bonds is 5. The maximum atomic E-state index is 11.9. The summed E-state index contributed by atoms with van der Waals surface area (Å²) < 4.78 is 2.14. The minimum absolute atomic E-state index is 0.490. The maximum Gasteiger partial charge on any atom is 0.329 e. The van der Waals surface area contributed by atoms with Crippen LogP contribution in [0.4, 0.5) is 0 Å². The SMILES string of the molecule is CCN(CC)C(=O)C(=O)N/N=C\c1cc(C)n(-c2cccc(C)c2)c1C. The predicted molar refractivity (Wildman–Crippen MR) is 104 cm³/mol. The number of nitrogens with zero attached hydrogens (tertiary/aromatic N) is 3. The number of carbonyl (C=O) groups is 2. The Bertz CT molecular complexity index is 832. The number of benzene rings is 1.